The Morgan fingerprint density at radius 2 is 1.84 bits per heavy atom. The Morgan fingerprint density at radius 1 is 1.26 bits per heavy atom. The van der Waals surface area contributed by atoms with E-state index in [1.165, 1.54) is 0 Å². The number of carboxylic acid groups (broad SMARTS) is 1. The Labute approximate surface area is 106 Å². The van der Waals surface area contributed by atoms with Crippen LogP contribution in [0.4, 0.5) is 18.0 Å². The number of nitrogens with two attached hydrogens (primary N) is 1. The normalized spacial score (nSPS) is 12.6. The highest BCUT2D eigenvalue weighted by Gasteiger charge is 2.26. The van der Waals surface area contributed by atoms with E-state index in [1.54, 1.807) is 0 Å². The molecule has 0 heterocycles. The van der Waals surface area contributed by atoms with Gasteiger partial charge >= 0.3 is 18.2 Å². The van der Waals surface area contributed by atoms with Gasteiger partial charge in [-0.25, -0.2) is 9.59 Å². The third kappa shape index (κ3) is 9.68. The highest BCUT2D eigenvalue weighted by molar-refractivity contribution is 5.87. The number of aliphatic carboxylic acids is 1. The molecule has 0 unspecified atom stereocenters. The van der Waals surface area contributed by atoms with Crippen LogP contribution in [0.3, 0.4) is 0 Å². The van der Waals surface area contributed by atoms with Gasteiger partial charge in [0, 0.05) is 13.0 Å². The number of carboxylic acids is 1. The predicted molar refractivity (Wildman–Crippen MR) is 57.1 cm³/mol. The SMILES string of the molecule is NC(=O)C[C@H](NC(=O)NCCCC(F)(F)F)C(=O)O. The molecule has 5 N–H and O–H groups in total. The lowest BCUT2D eigenvalue weighted by molar-refractivity contribution is -0.140. The average molecular weight is 285 g/mol. The second-order valence-corrected chi connectivity index (χ2v) is 3.68. The van der Waals surface area contributed by atoms with Crippen LogP contribution in [0.25, 0.3) is 0 Å². The molecule has 0 aromatic carbocycles. The molecule has 0 aromatic rings. The fourth-order valence-corrected chi connectivity index (χ4v) is 1.10. The summed E-state index contributed by atoms with van der Waals surface area (Å²) in [6, 6.07) is -2.49. The van der Waals surface area contributed by atoms with Crippen molar-refractivity contribution in [1.29, 1.82) is 0 Å². The number of hydrogen-bond donors (Lipinski definition) is 4. The summed E-state index contributed by atoms with van der Waals surface area (Å²) in [7, 11) is 0. The van der Waals surface area contributed by atoms with Gasteiger partial charge in [0.05, 0.1) is 6.42 Å². The minimum absolute atomic E-state index is 0.270. The topological polar surface area (TPSA) is 122 Å². The van der Waals surface area contributed by atoms with Crippen molar-refractivity contribution in [3.05, 3.63) is 0 Å². The van der Waals surface area contributed by atoms with Crippen molar-refractivity contribution < 1.29 is 32.7 Å². The first-order chi connectivity index (χ1) is 8.61. The molecule has 0 radical (unpaired) electrons. The zero-order valence-corrected chi connectivity index (χ0v) is 9.79. The molecule has 0 rings (SSSR count). The smallest absolute Gasteiger partial charge is 0.389 e. The first-order valence-corrected chi connectivity index (χ1v) is 5.24. The highest BCUT2D eigenvalue weighted by atomic mass is 19.4. The fraction of sp³-hybridized carbons (Fsp3) is 0.667. The minimum Gasteiger partial charge on any atom is -0.480 e. The maximum Gasteiger partial charge on any atom is 0.389 e. The van der Waals surface area contributed by atoms with Crippen molar-refractivity contribution >= 4 is 17.9 Å². The van der Waals surface area contributed by atoms with Gasteiger partial charge in [0.15, 0.2) is 0 Å². The van der Waals surface area contributed by atoms with Gasteiger partial charge in [0.25, 0.3) is 0 Å². The summed E-state index contributed by atoms with van der Waals surface area (Å²) >= 11 is 0. The van der Waals surface area contributed by atoms with Gasteiger partial charge in [-0.2, -0.15) is 13.2 Å². The van der Waals surface area contributed by atoms with Crippen LogP contribution in [0.5, 0.6) is 0 Å². The molecule has 110 valence electrons. The van der Waals surface area contributed by atoms with Crippen LogP contribution in [0.1, 0.15) is 19.3 Å². The number of carbonyl (C=O) groups excluding carboxylic acids is 2. The van der Waals surface area contributed by atoms with E-state index >= 15 is 0 Å². The average Bonchev–Trinajstić information content (AvgIpc) is 2.21. The quantitative estimate of drug-likeness (QED) is 0.490. The van der Waals surface area contributed by atoms with Crippen LogP contribution in [0.2, 0.25) is 0 Å². The summed E-state index contributed by atoms with van der Waals surface area (Å²) < 4.78 is 35.3. The van der Waals surface area contributed by atoms with Crippen molar-refractivity contribution in [1.82, 2.24) is 10.6 Å². The van der Waals surface area contributed by atoms with Crippen LogP contribution in [0, 0.1) is 0 Å². The van der Waals surface area contributed by atoms with Gasteiger partial charge < -0.3 is 21.5 Å². The van der Waals surface area contributed by atoms with Crippen molar-refractivity contribution in [3.63, 3.8) is 0 Å². The van der Waals surface area contributed by atoms with Crippen LogP contribution in [0.15, 0.2) is 0 Å². The lowest BCUT2D eigenvalue weighted by Gasteiger charge is -2.13. The van der Waals surface area contributed by atoms with E-state index in [0.717, 1.165) is 0 Å². The molecule has 7 nitrogen and oxygen atoms in total. The third-order valence-corrected chi connectivity index (χ3v) is 1.93. The maximum atomic E-state index is 11.8. The molecule has 1 atom stereocenters. The molecule has 0 aliphatic carbocycles. The molecule has 0 aromatic heterocycles. The maximum absolute atomic E-state index is 11.8. The summed E-state index contributed by atoms with van der Waals surface area (Å²) in [6.45, 7) is -0.270. The van der Waals surface area contributed by atoms with E-state index in [1.807, 2.05) is 10.6 Å². The molecule has 19 heavy (non-hydrogen) atoms. The lowest BCUT2D eigenvalue weighted by Crippen LogP contribution is -2.47. The number of halogens is 3. The zero-order valence-electron chi connectivity index (χ0n) is 9.79. The van der Waals surface area contributed by atoms with E-state index in [2.05, 4.69) is 0 Å². The molecular formula is C9H14F3N3O4. The van der Waals surface area contributed by atoms with Gasteiger partial charge in [0.2, 0.25) is 5.91 Å². The second-order valence-electron chi connectivity index (χ2n) is 3.68. The largest absolute Gasteiger partial charge is 0.480 e. The Balaban J connectivity index is 4.00. The van der Waals surface area contributed by atoms with E-state index in [0.29, 0.717) is 0 Å². The van der Waals surface area contributed by atoms with Crippen LogP contribution in [-0.2, 0) is 9.59 Å². The number of hydrogen-bond acceptors (Lipinski definition) is 3. The number of primary amides is 1. The molecular weight excluding hydrogens is 271 g/mol. The summed E-state index contributed by atoms with van der Waals surface area (Å²) in [4.78, 5) is 32.3. The first kappa shape index (κ1) is 17.0. The number of nitrogens with one attached hydrogen (secondary N) is 2. The van der Waals surface area contributed by atoms with Gasteiger partial charge in [-0.05, 0) is 6.42 Å². The van der Waals surface area contributed by atoms with E-state index in [-0.39, 0.29) is 13.0 Å². The second kappa shape index (κ2) is 7.44. The molecule has 0 aliphatic heterocycles. The molecule has 0 spiro atoms. The van der Waals surface area contributed by atoms with Gasteiger partial charge in [-0.15, -0.1) is 0 Å². The van der Waals surface area contributed by atoms with Crippen molar-refractivity contribution in [3.8, 4) is 0 Å². The van der Waals surface area contributed by atoms with Gasteiger partial charge in [-0.1, -0.05) is 0 Å². The fourth-order valence-electron chi connectivity index (χ4n) is 1.10. The Morgan fingerprint density at radius 3 is 2.26 bits per heavy atom. The summed E-state index contributed by atoms with van der Waals surface area (Å²) in [5, 5.41) is 12.6. The Hall–Kier alpha value is -2.00. The number of carbonyl (C=O) groups is 3. The van der Waals surface area contributed by atoms with E-state index in [9.17, 15) is 27.6 Å². The summed E-state index contributed by atoms with van der Waals surface area (Å²) in [5.41, 5.74) is 4.78. The monoisotopic (exact) mass is 285 g/mol. The highest BCUT2D eigenvalue weighted by Crippen LogP contribution is 2.20. The van der Waals surface area contributed by atoms with Crippen LogP contribution in [-0.4, -0.2) is 41.8 Å². The molecule has 0 bridgehead atoms. The van der Waals surface area contributed by atoms with Crippen LogP contribution >= 0.6 is 0 Å². The van der Waals surface area contributed by atoms with Gasteiger partial charge in [0.1, 0.15) is 6.04 Å². The molecule has 10 heteroatoms. The summed E-state index contributed by atoms with van der Waals surface area (Å²) in [6.07, 6.45) is -6.31. The van der Waals surface area contributed by atoms with Crippen molar-refractivity contribution in [2.75, 3.05) is 6.54 Å². The van der Waals surface area contributed by atoms with Crippen LogP contribution < -0.4 is 16.4 Å². The molecule has 0 saturated carbocycles. The third-order valence-electron chi connectivity index (χ3n) is 1.93. The minimum atomic E-state index is -4.31. The van der Waals surface area contributed by atoms with Crippen molar-refractivity contribution in [2.45, 2.75) is 31.5 Å². The first-order valence-electron chi connectivity index (χ1n) is 5.24. The Bertz CT molecular complexity index is 346. The molecule has 0 saturated heterocycles. The molecule has 0 fully saturated rings. The standard InChI is InChI=1S/C9H14F3N3O4/c10-9(11,12)2-1-3-14-8(19)15-5(7(17)18)4-6(13)16/h5H,1-4H2,(H2,13,16)(H,17,18)(H2,14,15,19)/t5-/m0/s1. The number of alkyl halides is 3. The van der Waals surface area contributed by atoms with E-state index in [4.69, 9.17) is 10.8 Å². The van der Waals surface area contributed by atoms with Crippen molar-refractivity contribution in [2.24, 2.45) is 5.73 Å². The molecule has 3 amide bonds. The number of urea groups is 1. The van der Waals surface area contributed by atoms with Gasteiger partial charge in [-0.3, -0.25) is 4.79 Å². The Kier molecular flexibility index (Phi) is 6.66. The predicted octanol–water partition coefficient (Wildman–Crippen LogP) is -0.0433. The lowest BCUT2D eigenvalue weighted by atomic mass is 10.2. The molecule has 0 aliphatic rings. The van der Waals surface area contributed by atoms with E-state index < -0.39 is 43.0 Å². The zero-order chi connectivity index (χ0) is 15.1. The number of amides is 3. The summed E-state index contributed by atoms with van der Waals surface area (Å²) in [5.74, 6) is -2.39. The number of rotatable bonds is 7.